The highest BCUT2D eigenvalue weighted by Gasteiger charge is 2.23. The van der Waals surface area contributed by atoms with E-state index in [1.807, 2.05) is 60.7 Å². The molecule has 0 bridgehead atoms. The van der Waals surface area contributed by atoms with E-state index in [9.17, 15) is 4.79 Å². The minimum Gasteiger partial charge on any atom is -0.493 e. The normalized spacial score (nSPS) is 13.0. The molecule has 0 spiro atoms. The summed E-state index contributed by atoms with van der Waals surface area (Å²) in [4.78, 5) is 26.1. The third-order valence-corrected chi connectivity index (χ3v) is 7.69. The molecular weight excluding hydrogens is 562 g/mol. The minimum atomic E-state index is -0.586. The molecular formula is C34H29N3O5S. The number of benzene rings is 4. The Morgan fingerprint density at radius 2 is 1.30 bits per heavy atom. The van der Waals surface area contributed by atoms with E-state index >= 15 is 0 Å². The monoisotopic (exact) mass is 591 g/mol. The van der Waals surface area contributed by atoms with Crippen LogP contribution in [0.3, 0.4) is 0 Å². The number of nitrogens with zero attached hydrogens (tertiary/aromatic N) is 3. The van der Waals surface area contributed by atoms with Crippen LogP contribution in [-0.2, 0) is 4.74 Å². The van der Waals surface area contributed by atoms with Gasteiger partial charge in [0.25, 0.3) is 0 Å². The van der Waals surface area contributed by atoms with Gasteiger partial charge < -0.3 is 23.8 Å². The van der Waals surface area contributed by atoms with Gasteiger partial charge in [0.1, 0.15) is 4.99 Å². The van der Waals surface area contributed by atoms with Gasteiger partial charge in [0.2, 0.25) is 5.75 Å². The van der Waals surface area contributed by atoms with Gasteiger partial charge in [-0.1, -0.05) is 72.9 Å². The number of thiocarbonyl (C=S) groups is 1. The highest BCUT2D eigenvalue weighted by molar-refractivity contribution is 7.80. The molecule has 9 heteroatoms. The van der Waals surface area contributed by atoms with Gasteiger partial charge in [0, 0.05) is 29.8 Å². The number of ether oxygens (including phenoxy) is 4. The second kappa shape index (κ2) is 12.6. The van der Waals surface area contributed by atoms with Crippen molar-refractivity contribution in [3.05, 3.63) is 102 Å². The zero-order valence-electron chi connectivity index (χ0n) is 23.8. The Morgan fingerprint density at radius 1 is 0.744 bits per heavy atom. The molecule has 4 aromatic carbocycles. The fourth-order valence-corrected chi connectivity index (χ4v) is 5.28. The Labute approximate surface area is 254 Å². The number of hydrogen-bond acceptors (Lipinski definition) is 8. The van der Waals surface area contributed by atoms with Gasteiger partial charge in [0.15, 0.2) is 11.5 Å². The van der Waals surface area contributed by atoms with E-state index in [-0.39, 0.29) is 5.75 Å². The molecule has 1 aliphatic rings. The number of esters is 1. The van der Waals surface area contributed by atoms with Crippen molar-refractivity contribution in [2.24, 2.45) is 0 Å². The average Bonchev–Trinajstić information content (AvgIpc) is 3.08. The number of aromatic nitrogens is 2. The van der Waals surface area contributed by atoms with Crippen LogP contribution < -0.4 is 14.2 Å². The summed E-state index contributed by atoms with van der Waals surface area (Å²) in [7, 11) is 3.02. The van der Waals surface area contributed by atoms with Crippen LogP contribution >= 0.6 is 12.2 Å². The van der Waals surface area contributed by atoms with E-state index in [0.29, 0.717) is 59.4 Å². The lowest BCUT2D eigenvalue weighted by Crippen LogP contribution is -2.40. The summed E-state index contributed by atoms with van der Waals surface area (Å²) >= 11 is 5.73. The lowest BCUT2D eigenvalue weighted by Gasteiger charge is -2.29. The van der Waals surface area contributed by atoms with Crippen molar-refractivity contribution in [3.8, 4) is 39.8 Å². The van der Waals surface area contributed by atoms with Gasteiger partial charge in [-0.2, -0.15) is 0 Å². The summed E-state index contributed by atoms with van der Waals surface area (Å²) < 4.78 is 22.5. The van der Waals surface area contributed by atoms with Gasteiger partial charge in [-0.05, 0) is 30.3 Å². The molecule has 0 N–H and O–H groups in total. The predicted molar refractivity (Wildman–Crippen MR) is 169 cm³/mol. The molecule has 6 rings (SSSR count). The molecule has 0 amide bonds. The van der Waals surface area contributed by atoms with Crippen LogP contribution in [0.25, 0.3) is 33.5 Å². The van der Waals surface area contributed by atoms with Crippen LogP contribution in [0.15, 0.2) is 91.0 Å². The number of carbonyl (C=O) groups is 1. The van der Waals surface area contributed by atoms with Crippen LogP contribution in [0.2, 0.25) is 0 Å². The molecule has 5 aromatic rings. The van der Waals surface area contributed by atoms with E-state index in [2.05, 4.69) is 4.90 Å². The highest BCUT2D eigenvalue weighted by atomic mass is 32.1. The molecule has 1 fully saturated rings. The fourth-order valence-electron chi connectivity index (χ4n) is 4.98. The molecule has 43 heavy (non-hydrogen) atoms. The van der Waals surface area contributed by atoms with Crippen LogP contribution in [0.5, 0.6) is 17.2 Å². The van der Waals surface area contributed by atoms with Crippen molar-refractivity contribution in [2.75, 3.05) is 40.5 Å². The van der Waals surface area contributed by atoms with Crippen molar-refractivity contribution < 1.29 is 23.7 Å². The molecule has 2 heterocycles. The quantitative estimate of drug-likeness (QED) is 0.125. The Morgan fingerprint density at radius 3 is 1.86 bits per heavy atom. The highest BCUT2D eigenvalue weighted by Crippen LogP contribution is 2.40. The van der Waals surface area contributed by atoms with E-state index in [4.69, 9.17) is 41.1 Å². The number of morpholine rings is 1. The van der Waals surface area contributed by atoms with Crippen molar-refractivity contribution in [2.45, 2.75) is 0 Å². The third-order valence-electron chi connectivity index (χ3n) is 7.19. The summed E-state index contributed by atoms with van der Waals surface area (Å²) in [6.07, 6.45) is 0. The number of hydrogen-bond donors (Lipinski definition) is 0. The molecule has 1 saturated heterocycles. The first-order valence-corrected chi connectivity index (χ1v) is 14.2. The largest absolute Gasteiger partial charge is 0.493 e. The third kappa shape index (κ3) is 5.90. The molecule has 0 aliphatic carbocycles. The second-order valence-corrected chi connectivity index (χ2v) is 10.2. The summed E-state index contributed by atoms with van der Waals surface area (Å²) in [6.45, 7) is 2.62. The SMILES string of the molecule is COc1cc(C(=S)N2CCOCC2)cc(OC)c1OC(=O)c1ccc2nc(-c3ccccc3)c(-c3ccccc3)nc2c1. The van der Waals surface area contributed by atoms with Crippen molar-refractivity contribution >= 4 is 34.2 Å². The van der Waals surface area contributed by atoms with Crippen molar-refractivity contribution in [3.63, 3.8) is 0 Å². The Balaban J connectivity index is 1.34. The fraction of sp³-hybridized carbons (Fsp3) is 0.176. The average molecular weight is 592 g/mol. The summed E-state index contributed by atoms with van der Waals surface area (Å²) in [5.41, 5.74) is 5.63. The number of fused-ring (bicyclic) bond motifs is 1. The summed E-state index contributed by atoms with van der Waals surface area (Å²) in [5, 5.41) is 0. The number of rotatable bonds is 7. The van der Waals surface area contributed by atoms with Crippen LogP contribution in [0.4, 0.5) is 0 Å². The van der Waals surface area contributed by atoms with E-state index < -0.39 is 5.97 Å². The van der Waals surface area contributed by atoms with E-state index in [1.54, 1.807) is 30.3 Å². The smallest absolute Gasteiger partial charge is 0.343 e. The molecule has 216 valence electrons. The molecule has 1 aromatic heterocycles. The lowest BCUT2D eigenvalue weighted by atomic mass is 10.0. The van der Waals surface area contributed by atoms with E-state index in [1.165, 1.54) is 14.2 Å². The molecule has 0 radical (unpaired) electrons. The topological polar surface area (TPSA) is 83.0 Å². The number of methoxy groups -OCH3 is 2. The summed E-state index contributed by atoms with van der Waals surface area (Å²) in [6, 6.07) is 28.4. The molecule has 8 nitrogen and oxygen atoms in total. The Hall–Kier alpha value is -4.86. The maximum absolute atomic E-state index is 13.5. The zero-order valence-corrected chi connectivity index (χ0v) is 24.6. The van der Waals surface area contributed by atoms with Gasteiger partial charge in [-0.3, -0.25) is 0 Å². The van der Waals surface area contributed by atoms with Crippen molar-refractivity contribution in [1.29, 1.82) is 0 Å². The van der Waals surface area contributed by atoms with Gasteiger partial charge in [-0.15, -0.1) is 0 Å². The molecule has 0 unspecified atom stereocenters. The van der Waals surface area contributed by atoms with E-state index in [0.717, 1.165) is 28.1 Å². The van der Waals surface area contributed by atoms with Gasteiger partial charge in [-0.25, -0.2) is 14.8 Å². The maximum atomic E-state index is 13.5. The Kier molecular flexibility index (Phi) is 8.26. The van der Waals surface area contributed by atoms with Crippen LogP contribution in [-0.4, -0.2) is 66.3 Å². The zero-order chi connectivity index (χ0) is 29.8. The van der Waals surface area contributed by atoms with Gasteiger partial charge >= 0.3 is 5.97 Å². The lowest BCUT2D eigenvalue weighted by molar-refractivity contribution is 0.0692. The van der Waals surface area contributed by atoms with Crippen LogP contribution in [0, 0.1) is 0 Å². The standard InChI is InChI=1S/C34H29N3O5S/c1-39-28-20-25(33(43)37-15-17-41-18-16-37)21-29(40-2)32(28)42-34(38)24-13-14-26-27(19-24)36-31(23-11-7-4-8-12-23)30(35-26)22-9-5-3-6-10-22/h3-14,19-21H,15-18H2,1-2H3. The first kappa shape index (κ1) is 28.3. The first-order valence-electron chi connectivity index (χ1n) is 13.8. The number of carbonyl (C=O) groups excluding carboxylic acids is 1. The molecule has 0 saturated carbocycles. The predicted octanol–water partition coefficient (Wildman–Crippen LogP) is 6.21. The van der Waals surface area contributed by atoms with Crippen LogP contribution in [0.1, 0.15) is 15.9 Å². The molecule has 1 aliphatic heterocycles. The minimum absolute atomic E-state index is 0.166. The first-order chi connectivity index (χ1) is 21.1. The Bertz CT molecular complexity index is 1770. The molecule has 0 atom stereocenters. The summed E-state index contributed by atoms with van der Waals surface area (Å²) in [5.74, 6) is 0.242. The van der Waals surface area contributed by atoms with Crippen molar-refractivity contribution in [1.82, 2.24) is 14.9 Å². The van der Waals surface area contributed by atoms with Gasteiger partial charge in [0.05, 0.1) is 55.4 Å². The second-order valence-electron chi connectivity index (χ2n) is 9.86. The maximum Gasteiger partial charge on any atom is 0.343 e.